The third-order valence-electron chi connectivity index (χ3n) is 8.58. The molecule has 0 N–H and O–H groups in total. The minimum atomic E-state index is -0.522. The topological polar surface area (TPSA) is 43.2 Å². The molecule has 0 fully saturated rings. The van der Waals surface area contributed by atoms with Crippen molar-refractivity contribution >= 4 is 62.7 Å². The second-order valence-electron chi connectivity index (χ2n) is 11.5. The summed E-state index contributed by atoms with van der Waals surface area (Å²) in [4.78, 5) is 9.88. The van der Waals surface area contributed by atoms with Crippen molar-refractivity contribution in [3.05, 3.63) is 203 Å². The molecule has 2 aliphatic rings. The number of hydrogen-bond donors (Lipinski definition) is 0. The number of nitrogens with zero attached hydrogens (tertiary/aromatic N) is 2. The van der Waals surface area contributed by atoms with E-state index in [4.69, 9.17) is 19.5 Å². The van der Waals surface area contributed by atoms with Crippen molar-refractivity contribution in [1.82, 2.24) is 0 Å². The van der Waals surface area contributed by atoms with E-state index in [1.807, 2.05) is 91.0 Å². The largest absolute Gasteiger partial charge is 0.460 e. The zero-order valence-corrected chi connectivity index (χ0v) is 30.4. The van der Waals surface area contributed by atoms with Crippen LogP contribution in [0.5, 0.6) is 5.75 Å². The number of hydrogen-bond acceptors (Lipinski definition) is 4. The molecule has 0 aromatic heterocycles. The van der Waals surface area contributed by atoms with Gasteiger partial charge in [-0.15, -0.1) is 0 Å². The highest BCUT2D eigenvalue weighted by atomic mass is 127. The monoisotopic (exact) mass is 850 g/mol. The van der Waals surface area contributed by atoms with E-state index in [0.29, 0.717) is 11.8 Å². The lowest BCUT2D eigenvalue weighted by molar-refractivity contribution is 0.123. The Hall–Kier alpha value is -4.28. The summed E-state index contributed by atoms with van der Waals surface area (Å²) in [6, 6.07) is 57.5. The van der Waals surface area contributed by atoms with Gasteiger partial charge in [-0.25, -0.2) is 9.98 Å². The van der Waals surface area contributed by atoms with Crippen molar-refractivity contribution in [2.24, 2.45) is 9.98 Å². The fourth-order valence-corrected chi connectivity index (χ4v) is 8.17. The number of fused-ring (bicyclic) bond motifs is 2. The van der Waals surface area contributed by atoms with Gasteiger partial charge in [-0.05, 0) is 42.0 Å². The maximum atomic E-state index is 6.56. The normalized spacial score (nSPS) is 19.1. The quantitative estimate of drug-likeness (QED) is 0.124. The summed E-state index contributed by atoms with van der Waals surface area (Å²) in [5, 5.41) is 0. The fourth-order valence-electron chi connectivity index (χ4n) is 6.14. The summed E-state index contributed by atoms with van der Waals surface area (Å²) in [7, 11) is 0. The second kappa shape index (κ2) is 14.5. The van der Waals surface area contributed by atoms with Crippen LogP contribution in [0.15, 0.2) is 180 Å². The number of rotatable bonds is 6. The van der Waals surface area contributed by atoms with Crippen molar-refractivity contribution in [1.29, 1.82) is 0 Å². The van der Waals surface area contributed by atoms with Crippen molar-refractivity contribution < 1.29 is 9.47 Å². The van der Waals surface area contributed by atoms with Gasteiger partial charge in [0.25, 0.3) is 0 Å². The number of ether oxygens (including phenoxy) is 2. The Morgan fingerprint density at radius 3 is 1.58 bits per heavy atom. The van der Waals surface area contributed by atoms with Gasteiger partial charge in [0.05, 0.1) is 5.69 Å². The smallest absolute Gasteiger partial charge is 0.223 e. The Morgan fingerprint density at radius 1 is 0.479 bits per heavy atom. The Kier molecular flexibility index (Phi) is 9.72. The van der Waals surface area contributed by atoms with Crippen LogP contribution < -0.4 is 4.74 Å². The Morgan fingerprint density at radius 2 is 0.979 bits per heavy atom. The summed E-state index contributed by atoms with van der Waals surface area (Å²) in [6.45, 7) is 0. The molecule has 0 saturated carbocycles. The minimum absolute atomic E-state index is 0.429. The molecular formula is C42H32I2N2O2. The molecule has 2 heterocycles. The van der Waals surface area contributed by atoms with E-state index in [-0.39, 0.29) is 0 Å². The van der Waals surface area contributed by atoms with Crippen LogP contribution in [-0.2, 0) is 15.9 Å². The van der Waals surface area contributed by atoms with E-state index < -0.39 is 11.1 Å². The molecule has 2 aliphatic heterocycles. The predicted octanol–water partition coefficient (Wildman–Crippen LogP) is 10.7. The fraction of sp³-hybridized carbons (Fsp3) is 0.0952. The van der Waals surface area contributed by atoms with E-state index in [1.54, 1.807) is 0 Å². The Balaban J connectivity index is 0.000000152. The first-order valence-corrected chi connectivity index (χ1v) is 18.8. The third kappa shape index (κ3) is 6.19. The van der Waals surface area contributed by atoms with Crippen LogP contribution in [0.3, 0.4) is 0 Å². The van der Waals surface area contributed by atoms with Crippen LogP contribution >= 0.6 is 45.2 Å². The molecular weight excluding hydrogens is 818 g/mol. The summed E-state index contributed by atoms with van der Waals surface area (Å²) in [5.41, 5.74) is 6.58. The van der Waals surface area contributed by atoms with Crippen molar-refractivity contribution in [3.8, 4) is 5.75 Å². The third-order valence-corrected chi connectivity index (χ3v) is 10.8. The van der Waals surface area contributed by atoms with Gasteiger partial charge in [0.2, 0.25) is 11.8 Å². The van der Waals surface area contributed by atoms with Gasteiger partial charge in [0.1, 0.15) is 11.3 Å². The molecule has 8 rings (SSSR count). The number of halogens is 2. The minimum Gasteiger partial charge on any atom is -0.460 e. The van der Waals surface area contributed by atoms with Gasteiger partial charge >= 0.3 is 0 Å². The lowest BCUT2D eigenvalue weighted by Crippen LogP contribution is -2.38. The van der Waals surface area contributed by atoms with Crippen LogP contribution in [0, 0.1) is 0 Å². The highest BCUT2D eigenvalue weighted by Gasteiger charge is 2.42. The first kappa shape index (κ1) is 32.3. The molecule has 6 aromatic rings. The van der Waals surface area contributed by atoms with E-state index in [9.17, 15) is 0 Å². The maximum absolute atomic E-state index is 6.56. The first-order valence-electron chi connectivity index (χ1n) is 15.7. The zero-order valence-electron chi connectivity index (χ0n) is 26.0. The second-order valence-corrected chi connectivity index (χ2v) is 13.0. The van der Waals surface area contributed by atoms with Gasteiger partial charge in [-0.1, -0.05) is 179 Å². The number of benzene rings is 6. The molecule has 48 heavy (non-hydrogen) atoms. The van der Waals surface area contributed by atoms with Crippen LogP contribution in [0.25, 0.3) is 0 Å². The molecule has 2 atom stereocenters. The highest BCUT2D eigenvalue weighted by Crippen LogP contribution is 2.45. The van der Waals surface area contributed by atoms with Crippen molar-refractivity contribution in [2.75, 3.05) is 8.86 Å². The zero-order chi connectivity index (χ0) is 32.8. The standard InChI is InChI=1S/2C21H16INO/c22-15-21(17-11-5-2-6-12-17)18-13-7-8-14-19(18)24-20(23-21)16-9-3-1-4-10-16;22-15-21(17-11-5-2-6-12-17)18-13-7-8-14-19(18)23-20(24-21)16-9-3-1-4-10-16/h2*1-14H,15H2. The molecule has 2 unspecified atom stereocenters. The van der Waals surface area contributed by atoms with E-state index in [0.717, 1.165) is 48.1 Å². The highest BCUT2D eigenvalue weighted by molar-refractivity contribution is 14.1. The summed E-state index contributed by atoms with van der Waals surface area (Å²) in [5.74, 6) is 2.23. The number of aliphatic imine (C=N–C) groups is 2. The van der Waals surface area contributed by atoms with E-state index in [1.165, 1.54) is 5.56 Å². The Labute approximate surface area is 308 Å². The predicted molar refractivity (Wildman–Crippen MR) is 212 cm³/mol. The lowest BCUT2D eigenvalue weighted by atomic mass is 9.83. The van der Waals surface area contributed by atoms with Crippen LogP contribution in [0.1, 0.15) is 33.4 Å². The average Bonchev–Trinajstić information content (AvgIpc) is 3.18. The number of alkyl halides is 2. The van der Waals surface area contributed by atoms with Crippen molar-refractivity contribution in [2.45, 2.75) is 11.1 Å². The van der Waals surface area contributed by atoms with Crippen molar-refractivity contribution in [3.63, 3.8) is 0 Å². The van der Waals surface area contributed by atoms with E-state index >= 15 is 0 Å². The molecule has 4 nitrogen and oxygen atoms in total. The maximum Gasteiger partial charge on any atom is 0.223 e. The first-order chi connectivity index (χ1) is 23.7. The van der Waals surface area contributed by atoms with Gasteiger partial charge in [-0.2, -0.15) is 0 Å². The molecule has 6 heteroatoms. The summed E-state index contributed by atoms with van der Waals surface area (Å²) >= 11 is 4.84. The van der Waals surface area contributed by atoms with Crippen LogP contribution in [-0.4, -0.2) is 20.7 Å². The van der Waals surface area contributed by atoms with Crippen LogP contribution in [0.4, 0.5) is 5.69 Å². The average molecular weight is 851 g/mol. The SMILES string of the molecule is ICC1(c2ccccc2)N=C(c2ccccc2)Oc2ccccc21.ICC1(c2ccccc2)OC(c2ccccc2)=Nc2ccccc21. The molecule has 0 spiro atoms. The van der Waals surface area contributed by atoms with Gasteiger partial charge < -0.3 is 9.47 Å². The lowest BCUT2D eigenvalue weighted by Gasteiger charge is -2.38. The summed E-state index contributed by atoms with van der Waals surface area (Å²) in [6.07, 6.45) is 0. The van der Waals surface area contributed by atoms with E-state index in [2.05, 4.69) is 124 Å². The molecule has 6 aromatic carbocycles. The molecule has 0 amide bonds. The molecule has 0 aliphatic carbocycles. The van der Waals surface area contributed by atoms with Gasteiger partial charge in [0.15, 0.2) is 5.60 Å². The molecule has 0 bridgehead atoms. The van der Waals surface area contributed by atoms with Gasteiger partial charge in [-0.3, -0.25) is 0 Å². The molecule has 0 saturated heterocycles. The summed E-state index contributed by atoms with van der Waals surface area (Å²) < 4.78 is 14.3. The number of para-hydroxylation sites is 2. The van der Waals surface area contributed by atoms with Gasteiger partial charge in [0, 0.05) is 36.7 Å². The Bertz CT molecular complexity index is 2050. The van der Waals surface area contributed by atoms with Crippen LogP contribution in [0.2, 0.25) is 0 Å². The molecule has 236 valence electrons. The molecule has 0 radical (unpaired) electrons.